The third kappa shape index (κ3) is 3.38. The van der Waals surface area contributed by atoms with Crippen LogP contribution in [0.25, 0.3) is 0 Å². The van der Waals surface area contributed by atoms with E-state index in [1.54, 1.807) is 6.07 Å². The topological polar surface area (TPSA) is 55.1 Å². The minimum absolute atomic E-state index is 0.0518. The molecule has 1 aromatic carbocycles. The van der Waals surface area contributed by atoms with E-state index in [0.29, 0.717) is 5.76 Å². The number of amides is 1. The van der Waals surface area contributed by atoms with Crippen molar-refractivity contribution in [1.82, 2.24) is 10.5 Å². The lowest BCUT2D eigenvalue weighted by Crippen LogP contribution is -2.23. The van der Waals surface area contributed by atoms with Crippen LogP contribution in [0, 0.1) is 0 Å². The highest BCUT2D eigenvalue weighted by Crippen LogP contribution is 2.35. The fourth-order valence-corrected chi connectivity index (χ4v) is 1.96. The van der Waals surface area contributed by atoms with Gasteiger partial charge in [0, 0.05) is 16.1 Å². The standard InChI is InChI=1S/C12H8BrF3N2O2/c13-10-2-1-7(5-9(10)12(14,15)16)11(19)17-6-8-3-4-18-20-8/h1-5H,6H2,(H,17,19). The van der Waals surface area contributed by atoms with Crippen molar-refractivity contribution in [3.05, 3.63) is 51.8 Å². The average Bonchev–Trinajstić information content (AvgIpc) is 2.88. The van der Waals surface area contributed by atoms with Gasteiger partial charge in [0.05, 0.1) is 18.3 Å². The van der Waals surface area contributed by atoms with E-state index >= 15 is 0 Å². The Kier molecular flexibility index (Phi) is 4.12. The summed E-state index contributed by atoms with van der Waals surface area (Å²) >= 11 is 2.81. The van der Waals surface area contributed by atoms with Gasteiger partial charge in [-0.25, -0.2) is 0 Å². The number of carbonyl (C=O) groups is 1. The van der Waals surface area contributed by atoms with Crippen LogP contribution >= 0.6 is 15.9 Å². The number of hydrogen-bond acceptors (Lipinski definition) is 3. The molecule has 106 valence electrons. The van der Waals surface area contributed by atoms with Crippen LogP contribution in [0.5, 0.6) is 0 Å². The molecular weight excluding hydrogens is 341 g/mol. The Morgan fingerprint density at radius 3 is 2.70 bits per heavy atom. The summed E-state index contributed by atoms with van der Waals surface area (Å²) < 4.78 is 42.8. The van der Waals surface area contributed by atoms with Crippen molar-refractivity contribution in [2.75, 3.05) is 0 Å². The maximum absolute atomic E-state index is 12.7. The molecule has 0 saturated carbocycles. The van der Waals surface area contributed by atoms with Crippen LogP contribution in [-0.4, -0.2) is 11.1 Å². The molecule has 1 aromatic heterocycles. The van der Waals surface area contributed by atoms with Crippen LogP contribution in [-0.2, 0) is 12.7 Å². The number of nitrogens with zero attached hydrogens (tertiary/aromatic N) is 1. The monoisotopic (exact) mass is 348 g/mol. The van der Waals surface area contributed by atoms with E-state index in [1.807, 2.05) is 0 Å². The van der Waals surface area contributed by atoms with Gasteiger partial charge in [-0.05, 0) is 18.2 Å². The van der Waals surface area contributed by atoms with Gasteiger partial charge in [0.1, 0.15) is 0 Å². The predicted octanol–water partition coefficient (Wildman–Crippen LogP) is 3.39. The van der Waals surface area contributed by atoms with Crippen LogP contribution < -0.4 is 5.32 Å². The average molecular weight is 349 g/mol. The smallest absolute Gasteiger partial charge is 0.360 e. The number of carbonyl (C=O) groups excluding carboxylic acids is 1. The highest BCUT2D eigenvalue weighted by Gasteiger charge is 2.33. The second kappa shape index (κ2) is 5.66. The Labute approximate surface area is 120 Å². The zero-order valence-electron chi connectivity index (χ0n) is 9.87. The van der Waals surface area contributed by atoms with Crippen LogP contribution in [0.2, 0.25) is 0 Å². The molecule has 1 heterocycles. The van der Waals surface area contributed by atoms with Gasteiger partial charge in [-0.1, -0.05) is 21.1 Å². The molecule has 4 nitrogen and oxygen atoms in total. The third-order valence-electron chi connectivity index (χ3n) is 2.45. The first-order chi connectivity index (χ1) is 9.38. The highest BCUT2D eigenvalue weighted by molar-refractivity contribution is 9.10. The summed E-state index contributed by atoms with van der Waals surface area (Å²) in [4.78, 5) is 11.8. The van der Waals surface area contributed by atoms with E-state index in [0.717, 1.165) is 6.07 Å². The van der Waals surface area contributed by atoms with Gasteiger partial charge in [0.25, 0.3) is 5.91 Å². The van der Waals surface area contributed by atoms with Gasteiger partial charge in [-0.3, -0.25) is 4.79 Å². The van der Waals surface area contributed by atoms with Gasteiger partial charge in [0.15, 0.2) is 5.76 Å². The summed E-state index contributed by atoms with van der Waals surface area (Å²) in [6.07, 6.45) is -3.12. The molecule has 0 unspecified atom stereocenters. The minimum atomic E-state index is -4.53. The Morgan fingerprint density at radius 1 is 1.35 bits per heavy atom. The summed E-state index contributed by atoms with van der Waals surface area (Å²) in [6.45, 7) is 0.0518. The molecule has 0 atom stereocenters. The highest BCUT2D eigenvalue weighted by atomic mass is 79.9. The molecule has 0 spiro atoms. The Bertz CT molecular complexity index is 612. The maximum atomic E-state index is 12.7. The first-order valence-corrected chi connectivity index (χ1v) is 6.22. The molecule has 8 heteroatoms. The Morgan fingerprint density at radius 2 is 2.10 bits per heavy atom. The largest absolute Gasteiger partial charge is 0.417 e. The van der Waals surface area contributed by atoms with Gasteiger partial charge >= 0.3 is 6.18 Å². The van der Waals surface area contributed by atoms with Gasteiger partial charge < -0.3 is 9.84 Å². The zero-order chi connectivity index (χ0) is 14.8. The molecule has 0 fully saturated rings. The number of aromatic nitrogens is 1. The van der Waals surface area contributed by atoms with Crippen molar-refractivity contribution < 1.29 is 22.5 Å². The Balaban J connectivity index is 2.14. The second-order valence-electron chi connectivity index (χ2n) is 3.85. The van der Waals surface area contributed by atoms with Gasteiger partial charge in [-0.2, -0.15) is 13.2 Å². The van der Waals surface area contributed by atoms with Crippen molar-refractivity contribution in [2.24, 2.45) is 0 Å². The minimum Gasteiger partial charge on any atom is -0.360 e. The lowest BCUT2D eigenvalue weighted by Gasteiger charge is -2.11. The molecule has 20 heavy (non-hydrogen) atoms. The molecule has 0 radical (unpaired) electrons. The quantitative estimate of drug-likeness (QED) is 0.924. The number of halogens is 4. The number of alkyl halides is 3. The van der Waals surface area contributed by atoms with Crippen molar-refractivity contribution in [2.45, 2.75) is 12.7 Å². The van der Waals surface area contributed by atoms with E-state index in [4.69, 9.17) is 4.52 Å². The molecule has 1 amide bonds. The number of benzene rings is 1. The normalized spacial score (nSPS) is 11.4. The molecule has 0 aliphatic rings. The molecule has 0 aliphatic heterocycles. The van der Waals surface area contributed by atoms with Crippen molar-refractivity contribution in [3.63, 3.8) is 0 Å². The predicted molar refractivity (Wildman–Crippen MR) is 66.8 cm³/mol. The van der Waals surface area contributed by atoms with E-state index in [9.17, 15) is 18.0 Å². The third-order valence-corrected chi connectivity index (χ3v) is 3.14. The SMILES string of the molecule is O=C(NCc1ccno1)c1ccc(Br)c(C(F)(F)F)c1. The van der Waals surface area contributed by atoms with E-state index in [-0.39, 0.29) is 16.6 Å². The Hall–Kier alpha value is -1.83. The van der Waals surface area contributed by atoms with Crippen molar-refractivity contribution >= 4 is 21.8 Å². The summed E-state index contributed by atoms with van der Waals surface area (Å²) in [7, 11) is 0. The van der Waals surface area contributed by atoms with Crippen molar-refractivity contribution in [3.8, 4) is 0 Å². The molecule has 2 aromatic rings. The summed E-state index contributed by atoms with van der Waals surface area (Å²) in [5, 5.41) is 5.89. The summed E-state index contributed by atoms with van der Waals surface area (Å²) in [5.41, 5.74) is -0.982. The fraction of sp³-hybridized carbons (Fsp3) is 0.167. The first kappa shape index (κ1) is 14.6. The zero-order valence-corrected chi connectivity index (χ0v) is 11.5. The molecule has 0 bridgehead atoms. The molecule has 1 N–H and O–H groups in total. The van der Waals surface area contributed by atoms with Crippen LogP contribution in [0.3, 0.4) is 0 Å². The van der Waals surface area contributed by atoms with Gasteiger partial charge in [-0.15, -0.1) is 0 Å². The van der Waals surface area contributed by atoms with E-state index < -0.39 is 17.6 Å². The maximum Gasteiger partial charge on any atom is 0.417 e. The first-order valence-electron chi connectivity index (χ1n) is 5.42. The van der Waals surface area contributed by atoms with Crippen molar-refractivity contribution in [1.29, 1.82) is 0 Å². The second-order valence-corrected chi connectivity index (χ2v) is 4.71. The number of hydrogen-bond donors (Lipinski definition) is 1. The fourth-order valence-electron chi connectivity index (χ4n) is 1.49. The number of nitrogens with one attached hydrogen (secondary N) is 1. The lowest BCUT2D eigenvalue weighted by atomic mass is 10.1. The van der Waals surface area contributed by atoms with Crippen LogP contribution in [0.15, 0.2) is 39.5 Å². The molecular formula is C12H8BrF3N2O2. The van der Waals surface area contributed by atoms with Crippen LogP contribution in [0.1, 0.15) is 21.7 Å². The molecule has 2 rings (SSSR count). The van der Waals surface area contributed by atoms with E-state index in [1.165, 1.54) is 18.3 Å². The van der Waals surface area contributed by atoms with Crippen LogP contribution in [0.4, 0.5) is 13.2 Å². The molecule has 0 saturated heterocycles. The van der Waals surface area contributed by atoms with Gasteiger partial charge in [0.2, 0.25) is 0 Å². The number of rotatable bonds is 3. The van der Waals surface area contributed by atoms with E-state index in [2.05, 4.69) is 26.4 Å². The lowest BCUT2D eigenvalue weighted by molar-refractivity contribution is -0.138. The summed E-state index contributed by atoms with van der Waals surface area (Å²) in [6, 6.07) is 4.82. The molecule has 0 aliphatic carbocycles. The summed E-state index contributed by atoms with van der Waals surface area (Å²) in [5.74, 6) is -0.217.